The number of nitrogens with two attached hydrogens (primary N) is 1. The average molecular weight is 235 g/mol. The second kappa shape index (κ2) is 5.49. The van der Waals surface area contributed by atoms with Gasteiger partial charge in [0.1, 0.15) is 11.6 Å². The van der Waals surface area contributed by atoms with Crippen molar-refractivity contribution < 1.29 is 4.79 Å². The molecular weight excluding hydrogens is 218 g/mol. The molecule has 0 saturated heterocycles. The zero-order valence-electron chi connectivity index (χ0n) is 9.57. The van der Waals surface area contributed by atoms with Gasteiger partial charge in [-0.15, -0.1) is 0 Å². The van der Waals surface area contributed by atoms with E-state index in [9.17, 15) is 4.79 Å². The monoisotopic (exact) mass is 235 g/mol. The zero-order chi connectivity index (χ0) is 12.1. The van der Waals surface area contributed by atoms with E-state index in [2.05, 4.69) is 21.0 Å². The lowest BCUT2D eigenvalue weighted by Gasteiger charge is -2.08. The summed E-state index contributed by atoms with van der Waals surface area (Å²) >= 11 is 0. The van der Waals surface area contributed by atoms with E-state index in [1.54, 1.807) is 6.07 Å². The van der Waals surface area contributed by atoms with Gasteiger partial charge >= 0.3 is 0 Å². The summed E-state index contributed by atoms with van der Waals surface area (Å²) in [6.07, 6.45) is 2.07. The summed E-state index contributed by atoms with van der Waals surface area (Å²) < 4.78 is 0. The first kappa shape index (κ1) is 11.7. The summed E-state index contributed by atoms with van der Waals surface area (Å²) in [6.45, 7) is 1.26. The lowest BCUT2D eigenvalue weighted by Crippen LogP contribution is -2.29. The van der Waals surface area contributed by atoms with Gasteiger partial charge in [0, 0.05) is 19.0 Å². The van der Waals surface area contributed by atoms with Crippen LogP contribution < -0.4 is 21.9 Å². The summed E-state index contributed by atoms with van der Waals surface area (Å²) in [4.78, 5) is 15.5. The van der Waals surface area contributed by atoms with Crippen LogP contribution in [0.2, 0.25) is 0 Å². The fourth-order valence-electron chi connectivity index (χ4n) is 1.48. The molecule has 6 nitrogen and oxygen atoms in total. The molecule has 1 aliphatic rings. The number of hydrogen-bond acceptors (Lipinski definition) is 5. The molecule has 1 aromatic rings. The van der Waals surface area contributed by atoms with Crippen molar-refractivity contribution in [1.29, 1.82) is 0 Å². The van der Waals surface area contributed by atoms with E-state index in [1.807, 2.05) is 12.1 Å². The Morgan fingerprint density at radius 1 is 1.35 bits per heavy atom. The maximum absolute atomic E-state index is 11.3. The first-order chi connectivity index (χ1) is 8.29. The highest BCUT2D eigenvalue weighted by atomic mass is 16.2. The van der Waals surface area contributed by atoms with Crippen molar-refractivity contribution in [1.82, 2.24) is 10.3 Å². The highest BCUT2D eigenvalue weighted by Crippen LogP contribution is 2.28. The normalized spacial score (nSPS) is 14.2. The number of aromatic nitrogens is 1. The molecule has 0 unspecified atom stereocenters. The fraction of sp³-hybridized carbons (Fsp3) is 0.455. The number of hydrogen-bond donors (Lipinski definition) is 4. The molecule has 2 rings (SSSR count). The third-order valence-electron chi connectivity index (χ3n) is 2.58. The van der Waals surface area contributed by atoms with E-state index in [4.69, 9.17) is 5.84 Å². The minimum absolute atomic E-state index is 0.164. The Labute approximate surface area is 100.0 Å². The van der Waals surface area contributed by atoms with Crippen LogP contribution in [0.3, 0.4) is 0 Å². The van der Waals surface area contributed by atoms with Gasteiger partial charge in [-0.05, 0) is 25.0 Å². The molecule has 0 atom stereocenters. The Morgan fingerprint density at radius 2 is 2.12 bits per heavy atom. The van der Waals surface area contributed by atoms with Crippen LogP contribution in [0, 0.1) is 5.92 Å². The van der Waals surface area contributed by atoms with Crippen LogP contribution in [-0.4, -0.2) is 24.0 Å². The second-order valence-electron chi connectivity index (χ2n) is 4.04. The van der Waals surface area contributed by atoms with Gasteiger partial charge in [-0.1, -0.05) is 6.07 Å². The van der Waals surface area contributed by atoms with Crippen LogP contribution in [0.1, 0.15) is 12.8 Å². The number of rotatable bonds is 6. The van der Waals surface area contributed by atoms with E-state index in [1.165, 1.54) is 0 Å². The number of hydrazine groups is 1. The summed E-state index contributed by atoms with van der Waals surface area (Å²) in [6, 6.07) is 5.48. The number of nitrogens with zero attached hydrogens (tertiary/aromatic N) is 1. The maximum Gasteiger partial charge on any atom is 0.223 e. The van der Waals surface area contributed by atoms with Crippen molar-refractivity contribution in [3.8, 4) is 0 Å². The maximum atomic E-state index is 11.3. The zero-order valence-corrected chi connectivity index (χ0v) is 9.57. The number of nitrogens with one attached hydrogen (secondary N) is 3. The summed E-state index contributed by atoms with van der Waals surface area (Å²) in [5, 5.41) is 5.99. The first-order valence-electron chi connectivity index (χ1n) is 5.75. The van der Waals surface area contributed by atoms with Crippen LogP contribution in [0.25, 0.3) is 0 Å². The molecule has 6 heteroatoms. The van der Waals surface area contributed by atoms with Gasteiger partial charge in [-0.25, -0.2) is 10.8 Å². The van der Waals surface area contributed by atoms with E-state index in [0.717, 1.165) is 18.7 Å². The van der Waals surface area contributed by atoms with E-state index in [-0.39, 0.29) is 11.8 Å². The molecular formula is C11H17N5O. The molecule has 0 radical (unpaired) electrons. The van der Waals surface area contributed by atoms with Crippen LogP contribution >= 0.6 is 0 Å². The van der Waals surface area contributed by atoms with Gasteiger partial charge in [0.15, 0.2) is 0 Å². The standard InChI is InChI=1S/C11H17N5O/c12-16-10-3-1-2-9(15-10)13-6-7-14-11(17)8-4-5-8/h1-3,8H,4-7,12H2,(H,14,17)(H2,13,15,16). The topological polar surface area (TPSA) is 92.1 Å². The van der Waals surface area contributed by atoms with Crippen LogP contribution in [0.4, 0.5) is 11.6 Å². The molecule has 0 spiro atoms. The molecule has 5 N–H and O–H groups in total. The van der Waals surface area contributed by atoms with Crippen molar-refractivity contribution in [3.63, 3.8) is 0 Å². The van der Waals surface area contributed by atoms with Crippen LogP contribution in [0.5, 0.6) is 0 Å². The number of anilines is 2. The van der Waals surface area contributed by atoms with Crippen molar-refractivity contribution in [2.75, 3.05) is 23.8 Å². The Morgan fingerprint density at radius 3 is 2.82 bits per heavy atom. The van der Waals surface area contributed by atoms with Gasteiger partial charge in [0.25, 0.3) is 0 Å². The third-order valence-corrected chi connectivity index (χ3v) is 2.58. The van der Waals surface area contributed by atoms with Crippen molar-refractivity contribution in [2.45, 2.75) is 12.8 Å². The molecule has 92 valence electrons. The molecule has 1 saturated carbocycles. The van der Waals surface area contributed by atoms with Gasteiger partial charge in [0.05, 0.1) is 0 Å². The van der Waals surface area contributed by atoms with Crippen molar-refractivity contribution >= 4 is 17.5 Å². The number of amides is 1. The predicted octanol–water partition coefficient (Wildman–Crippen LogP) is 0.305. The minimum atomic E-state index is 0.164. The molecule has 1 fully saturated rings. The largest absolute Gasteiger partial charge is 0.368 e. The number of carbonyl (C=O) groups is 1. The molecule has 0 aliphatic heterocycles. The van der Waals surface area contributed by atoms with Crippen LogP contribution in [0.15, 0.2) is 18.2 Å². The summed E-state index contributed by atoms with van der Waals surface area (Å²) in [7, 11) is 0. The van der Waals surface area contributed by atoms with E-state index < -0.39 is 0 Å². The van der Waals surface area contributed by atoms with Gasteiger partial charge < -0.3 is 16.1 Å². The highest BCUT2D eigenvalue weighted by molar-refractivity contribution is 5.80. The SMILES string of the molecule is NNc1cccc(NCCNC(=O)C2CC2)n1. The highest BCUT2D eigenvalue weighted by Gasteiger charge is 2.28. The molecule has 17 heavy (non-hydrogen) atoms. The Kier molecular flexibility index (Phi) is 3.77. The first-order valence-corrected chi connectivity index (χ1v) is 5.75. The smallest absolute Gasteiger partial charge is 0.223 e. The lowest BCUT2D eigenvalue weighted by molar-refractivity contribution is -0.122. The lowest BCUT2D eigenvalue weighted by atomic mass is 10.4. The molecule has 1 heterocycles. The van der Waals surface area contributed by atoms with Crippen molar-refractivity contribution in [3.05, 3.63) is 18.2 Å². The number of nitrogen functional groups attached to an aromatic ring is 1. The molecule has 1 amide bonds. The second-order valence-corrected chi connectivity index (χ2v) is 4.04. The van der Waals surface area contributed by atoms with Crippen molar-refractivity contribution in [2.24, 2.45) is 11.8 Å². The quantitative estimate of drug-likeness (QED) is 0.323. The van der Waals surface area contributed by atoms with E-state index >= 15 is 0 Å². The summed E-state index contributed by atoms with van der Waals surface area (Å²) in [5.74, 6) is 7.03. The third kappa shape index (κ3) is 3.60. The Hall–Kier alpha value is -1.82. The molecule has 1 aromatic heterocycles. The molecule has 0 bridgehead atoms. The minimum Gasteiger partial charge on any atom is -0.368 e. The molecule has 0 aromatic carbocycles. The Balaban J connectivity index is 1.68. The fourth-order valence-corrected chi connectivity index (χ4v) is 1.48. The van der Waals surface area contributed by atoms with Gasteiger partial charge in [-0.2, -0.15) is 0 Å². The van der Waals surface area contributed by atoms with Gasteiger partial charge in [0.2, 0.25) is 5.91 Å². The number of pyridine rings is 1. The summed E-state index contributed by atoms with van der Waals surface area (Å²) in [5.41, 5.74) is 2.48. The predicted molar refractivity (Wildman–Crippen MR) is 66.3 cm³/mol. The number of carbonyl (C=O) groups excluding carboxylic acids is 1. The average Bonchev–Trinajstić information content (AvgIpc) is 3.19. The van der Waals surface area contributed by atoms with Crippen LogP contribution in [-0.2, 0) is 4.79 Å². The van der Waals surface area contributed by atoms with E-state index in [0.29, 0.717) is 18.9 Å². The van der Waals surface area contributed by atoms with Gasteiger partial charge in [-0.3, -0.25) is 4.79 Å². The molecule has 1 aliphatic carbocycles. The Bertz CT molecular complexity index is 391.